The van der Waals surface area contributed by atoms with Gasteiger partial charge >= 0.3 is 0 Å². The standard InChI is InChI=1S/C16H26N2O/c1-13(2)19-16-7-5-4-6-15(16)18-11-9-14(12-18)8-10-17-3/h4-7,13-14,17H,8-12H2,1-3H3. The summed E-state index contributed by atoms with van der Waals surface area (Å²) in [5, 5.41) is 3.24. The first kappa shape index (κ1) is 14.2. The molecule has 1 N–H and O–H groups in total. The highest BCUT2D eigenvalue weighted by Gasteiger charge is 2.24. The zero-order valence-electron chi connectivity index (χ0n) is 12.4. The molecule has 3 heteroatoms. The van der Waals surface area contributed by atoms with Crippen LogP contribution in [-0.4, -0.2) is 32.8 Å². The molecule has 19 heavy (non-hydrogen) atoms. The first-order valence-corrected chi connectivity index (χ1v) is 7.36. The Balaban J connectivity index is 2.02. The molecule has 0 radical (unpaired) electrons. The molecule has 0 spiro atoms. The lowest BCUT2D eigenvalue weighted by molar-refractivity contribution is 0.243. The molecule has 1 aromatic rings. The van der Waals surface area contributed by atoms with Crippen LogP contribution in [0.5, 0.6) is 5.75 Å². The fourth-order valence-corrected chi connectivity index (χ4v) is 2.71. The SMILES string of the molecule is CNCCC1CCN(c2ccccc2OC(C)C)C1. The molecule has 0 aromatic heterocycles. The number of para-hydroxylation sites is 2. The van der Waals surface area contributed by atoms with Crippen LogP contribution in [0, 0.1) is 5.92 Å². The molecule has 0 bridgehead atoms. The van der Waals surface area contributed by atoms with Gasteiger partial charge in [0.1, 0.15) is 5.75 Å². The Morgan fingerprint density at radius 3 is 2.89 bits per heavy atom. The van der Waals surface area contributed by atoms with Gasteiger partial charge in [-0.3, -0.25) is 0 Å². The van der Waals surface area contributed by atoms with Gasteiger partial charge in [0.15, 0.2) is 0 Å². The molecule has 1 unspecified atom stereocenters. The van der Waals surface area contributed by atoms with E-state index in [1.807, 2.05) is 7.05 Å². The normalized spacial score (nSPS) is 19.2. The molecule has 2 rings (SSSR count). The van der Waals surface area contributed by atoms with E-state index in [0.717, 1.165) is 31.3 Å². The Bertz CT molecular complexity index is 392. The lowest BCUT2D eigenvalue weighted by Crippen LogP contribution is -2.22. The molecule has 1 aromatic carbocycles. The molecule has 106 valence electrons. The summed E-state index contributed by atoms with van der Waals surface area (Å²) in [4.78, 5) is 2.47. The third-order valence-corrected chi connectivity index (χ3v) is 3.66. The summed E-state index contributed by atoms with van der Waals surface area (Å²) in [6, 6.07) is 8.41. The third kappa shape index (κ3) is 3.87. The van der Waals surface area contributed by atoms with E-state index < -0.39 is 0 Å². The van der Waals surface area contributed by atoms with Gasteiger partial charge in [-0.25, -0.2) is 0 Å². The molecule has 1 aliphatic rings. The predicted octanol–water partition coefficient (Wildman–Crippen LogP) is 2.91. The minimum atomic E-state index is 0.226. The first-order valence-electron chi connectivity index (χ1n) is 7.36. The second kappa shape index (κ2) is 6.80. The van der Waals surface area contributed by atoms with Gasteiger partial charge < -0.3 is 15.0 Å². The van der Waals surface area contributed by atoms with Crippen LogP contribution in [0.2, 0.25) is 0 Å². The summed E-state index contributed by atoms with van der Waals surface area (Å²) in [7, 11) is 2.03. The van der Waals surface area contributed by atoms with Gasteiger partial charge in [0, 0.05) is 13.1 Å². The largest absolute Gasteiger partial charge is 0.489 e. The van der Waals surface area contributed by atoms with Crippen LogP contribution in [0.25, 0.3) is 0 Å². The van der Waals surface area contributed by atoms with Crippen LogP contribution >= 0.6 is 0 Å². The average molecular weight is 262 g/mol. The van der Waals surface area contributed by atoms with Gasteiger partial charge in [0.25, 0.3) is 0 Å². The fourth-order valence-electron chi connectivity index (χ4n) is 2.71. The molecule has 1 aliphatic heterocycles. The summed E-state index contributed by atoms with van der Waals surface area (Å²) in [5.74, 6) is 1.83. The van der Waals surface area contributed by atoms with Crippen molar-refractivity contribution in [2.75, 3.05) is 31.6 Å². The topological polar surface area (TPSA) is 24.5 Å². The van der Waals surface area contributed by atoms with E-state index in [9.17, 15) is 0 Å². The van der Waals surface area contributed by atoms with Crippen molar-refractivity contribution in [3.63, 3.8) is 0 Å². The number of hydrogen-bond acceptors (Lipinski definition) is 3. The lowest BCUT2D eigenvalue weighted by atomic mass is 10.1. The highest BCUT2D eigenvalue weighted by Crippen LogP contribution is 2.33. The van der Waals surface area contributed by atoms with Crippen molar-refractivity contribution in [3.05, 3.63) is 24.3 Å². The van der Waals surface area contributed by atoms with Crippen LogP contribution in [0.4, 0.5) is 5.69 Å². The molecule has 0 amide bonds. The minimum Gasteiger partial charge on any atom is -0.489 e. The number of rotatable bonds is 6. The van der Waals surface area contributed by atoms with Crippen molar-refractivity contribution in [2.45, 2.75) is 32.8 Å². The molecular weight excluding hydrogens is 236 g/mol. The zero-order valence-corrected chi connectivity index (χ0v) is 12.4. The van der Waals surface area contributed by atoms with E-state index >= 15 is 0 Å². The maximum Gasteiger partial charge on any atom is 0.142 e. The number of hydrogen-bond donors (Lipinski definition) is 1. The summed E-state index contributed by atoms with van der Waals surface area (Å²) >= 11 is 0. The maximum atomic E-state index is 5.92. The number of ether oxygens (including phenoxy) is 1. The number of nitrogens with one attached hydrogen (secondary N) is 1. The van der Waals surface area contributed by atoms with E-state index in [4.69, 9.17) is 4.74 Å². The Labute approximate surface area is 116 Å². The molecule has 0 saturated carbocycles. The highest BCUT2D eigenvalue weighted by molar-refractivity contribution is 5.59. The Kier molecular flexibility index (Phi) is 5.08. The summed E-state index contributed by atoms with van der Waals surface area (Å²) in [5.41, 5.74) is 1.25. The molecule has 0 aliphatic carbocycles. The fraction of sp³-hybridized carbons (Fsp3) is 0.625. The molecule has 1 heterocycles. The van der Waals surface area contributed by atoms with Gasteiger partial charge in [0.2, 0.25) is 0 Å². The van der Waals surface area contributed by atoms with E-state index in [1.54, 1.807) is 0 Å². The summed E-state index contributed by atoms with van der Waals surface area (Å²) < 4.78 is 5.92. The van der Waals surface area contributed by atoms with Crippen molar-refractivity contribution >= 4 is 5.69 Å². The average Bonchev–Trinajstić information content (AvgIpc) is 2.85. The number of nitrogens with zero attached hydrogens (tertiary/aromatic N) is 1. The second-order valence-electron chi connectivity index (χ2n) is 5.63. The Hall–Kier alpha value is -1.22. The van der Waals surface area contributed by atoms with E-state index in [2.05, 4.69) is 48.3 Å². The van der Waals surface area contributed by atoms with Crippen molar-refractivity contribution < 1.29 is 4.74 Å². The van der Waals surface area contributed by atoms with Gasteiger partial charge in [-0.15, -0.1) is 0 Å². The van der Waals surface area contributed by atoms with E-state index in [-0.39, 0.29) is 6.10 Å². The summed E-state index contributed by atoms with van der Waals surface area (Å²) in [6.45, 7) is 7.57. The smallest absolute Gasteiger partial charge is 0.142 e. The van der Waals surface area contributed by atoms with Crippen molar-refractivity contribution in [1.82, 2.24) is 5.32 Å². The van der Waals surface area contributed by atoms with Gasteiger partial charge in [-0.1, -0.05) is 12.1 Å². The number of anilines is 1. The highest BCUT2D eigenvalue weighted by atomic mass is 16.5. The molecule has 1 atom stereocenters. The van der Waals surface area contributed by atoms with Gasteiger partial charge in [0.05, 0.1) is 11.8 Å². The Morgan fingerprint density at radius 2 is 2.16 bits per heavy atom. The minimum absolute atomic E-state index is 0.226. The molecular formula is C16H26N2O. The van der Waals surface area contributed by atoms with Crippen LogP contribution in [0.3, 0.4) is 0 Å². The van der Waals surface area contributed by atoms with Crippen LogP contribution < -0.4 is 15.0 Å². The van der Waals surface area contributed by atoms with Crippen LogP contribution in [0.15, 0.2) is 24.3 Å². The molecule has 1 fully saturated rings. The van der Waals surface area contributed by atoms with Crippen molar-refractivity contribution in [3.8, 4) is 5.75 Å². The molecule has 1 saturated heterocycles. The predicted molar refractivity (Wildman–Crippen MR) is 81.1 cm³/mol. The molecule has 3 nitrogen and oxygen atoms in total. The van der Waals surface area contributed by atoms with E-state index in [1.165, 1.54) is 18.5 Å². The third-order valence-electron chi connectivity index (χ3n) is 3.66. The van der Waals surface area contributed by atoms with Crippen LogP contribution in [-0.2, 0) is 0 Å². The second-order valence-corrected chi connectivity index (χ2v) is 5.63. The van der Waals surface area contributed by atoms with Crippen molar-refractivity contribution in [1.29, 1.82) is 0 Å². The monoisotopic (exact) mass is 262 g/mol. The maximum absolute atomic E-state index is 5.92. The zero-order chi connectivity index (χ0) is 13.7. The van der Waals surface area contributed by atoms with Crippen molar-refractivity contribution in [2.24, 2.45) is 5.92 Å². The summed E-state index contributed by atoms with van der Waals surface area (Å²) in [6.07, 6.45) is 2.78. The van der Waals surface area contributed by atoms with Gasteiger partial charge in [-0.05, 0) is 58.3 Å². The quantitative estimate of drug-likeness (QED) is 0.853. The lowest BCUT2D eigenvalue weighted by Gasteiger charge is -2.23. The Morgan fingerprint density at radius 1 is 1.37 bits per heavy atom. The van der Waals surface area contributed by atoms with E-state index in [0.29, 0.717) is 0 Å². The first-order chi connectivity index (χ1) is 9.20. The van der Waals surface area contributed by atoms with Gasteiger partial charge in [-0.2, -0.15) is 0 Å². The number of benzene rings is 1. The van der Waals surface area contributed by atoms with Crippen LogP contribution in [0.1, 0.15) is 26.7 Å².